The third-order valence-electron chi connectivity index (χ3n) is 3.17. The van der Waals surface area contributed by atoms with Crippen molar-refractivity contribution in [2.45, 2.75) is 27.2 Å². The van der Waals surface area contributed by atoms with Crippen molar-refractivity contribution in [1.29, 1.82) is 0 Å². The van der Waals surface area contributed by atoms with Gasteiger partial charge in [-0.05, 0) is 37.6 Å². The van der Waals surface area contributed by atoms with E-state index < -0.39 is 0 Å². The maximum absolute atomic E-state index is 12.2. The van der Waals surface area contributed by atoms with Gasteiger partial charge < -0.3 is 4.90 Å². The molecular weight excluding hydrogens is 222 g/mol. The lowest BCUT2D eigenvalue weighted by molar-refractivity contribution is 0.0953. The Morgan fingerprint density at radius 3 is 2.28 bits per heavy atom. The summed E-state index contributed by atoms with van der Waals surface area (Å²) in [5.41, 5.74) is 3.16. The summed E-state index contributed by atoms with van der Waals surface area (Å²) < 4.78 is 0. The molecule has 1 atom stereocenters. The first kappa shape index (κ1) is 14.5. The molecule has 18 heavy (non-hydrogen) atoms. The van der Waals surface area contributed by atoms with Gasteiger partial charge in [0.2, 0.25) is 0 Å². The Labute approximate surface area is 110 Å². The van der Waals surface area contributed by atoms with E-state index >= 15 is 0 Å². The van der Waals surface area contributed by atoms with Gasteiger partial charge in [-0.15, -0.1) is 0 Å². The molecule has 0 saturated heterocycles. The minimum absolute atomic E-state index is 0.0462. The predicted molar refractivity (Wildman–Crippen MR) is 78.3 cm³/mol. The first-order chi connectivity index (χ1) is 8.45. The fourth-order valence-electron chi connectivity index (χ4n) is 1.81. The second kappa shape index (κ2) is 6.39. The molecule has 0 aliphatic rings. The van der Waals surface area contributed by atoms with Gasteiger partial charge in [-0.1, -0.05) is 25.5 Å². The molecule has 0 heterocycles. The highest BCUT2D eigenvalue weighted by Gasteiger charge is 2.12. The molecule has 0 saturated carbocycles. The zero-order valence-corrected chi connectivity index (χ0v) is 12.0. The molecule has 2 heteroatoms. The molecular formula is C16H23NO. The molecule has 1 aromatic rings. The molecule has 0 fully saturated rings. The van der Waals surface area contributed by atoms with Crippen LogP contribution in [0, 0.1) is 5.92 Å². The number of Topliss-reactive ketones (excluding diaryl/α,β-unsaturated/α-hetero) is 1. The normalized spacial score (nSPS) is 13.3. The zero-order valence-electron chi connectivity index (χ0n) is 12.0. The van der Waals surface area contributed by atoms with Crippen molar-refractivity contribution < 1.29 is 4.79 Å². The standard InChI is InChI=1S/C16H23NO/c1-6-12(2)11-13(3)16(18)14-7-9-15(10-8-14)17(4)5/h7-11,13H,6H2,1-5H3/b12-11+/t13-/m1/s1. The van der Waals surface area contributed by atoms with E-state index in [1.807, 2.05) is 50.2 Å². The number of allylic oxidation sites excluding steroid dienone is 2. The Hall–Kier alpha value is -1.57. The van der Waals surface area contributed by atoms with Gasteiger partial charge in [-0.2, -0.15) is 0 Å². The van der Waals surface area contributed by atoms with Gasteiger partial charge in [0.05, 0.1) is 0 Å². The second-order valence-electron chi connectivity index (χ2n) is 4.96. The lowest BCUT2D eigenvalue weighted by atomic mass is 9.96. The van der Waals surface area contributed by atoms with Crippen LogP contribution in [0.3, 0.4) is 0 Å². The smallest absolute Gasteiger partial charge is 0.169 e. The van der Waals surface area contributed by atoms with E-state index in [1.54, 1.807) is 0 Å². The van der Waals surface area contributed by atoms with Crippen LogP contribution in [0.15, 0.2) is 35.9 Å². The van der Waals surface area contributed by atoms with Gasteiger partial charge in [0, 0.05) is 31.3 Å². The second-order valence-corrected chi connectivity index (χ2v) is 4.96. The predicted octanol–water partition coefficient (Wildman–Crippen LogP) is 3.93. The highest BCUT2D eigenvalue weighted by Crippen LogP contribution is 2.17. The van der Waals surface area contributed by atoms with Crippen LogP contribution in [0.1, 0.15) is 37.6 Å². The van der Waals surface area contributed by atoms with Crippen molar-refractivity contribution in [3.05, 3.63) is 41.5 Å². The highest BCUT2D eigenvalue weighted by molar-refractivity contribution is 5.99. The minimum Gasteiger partial charge on any atom is -0.378 e. The fourth-order valence-corrected chi connectivity index (χ4v) is 1.81. The number of carbonyl (C=O) groups excluding carboxylic acids is 1. The van der Waals surface area contributed by atoms with E-state index in [2.05, 4.69) is 19.9 Å². The van der Waals surface area contributed by atoms with Crippen molar-refractivity contribution >= 4 is 11.5 Å². The highest BCUT2D eigenvalue weighted by atomic mass is 16.1. The third-order valence-corrected chi connectivity index (χ3v) is 3.17. The topological polar surface area (TPSA) is 20.3 Å². The Bertz CT molecular complexity index is 429. The van der Waals surface area contributed by atoms with Gasteiger partial charge in [0.25, 0.3) is 0 Å². The van der Waals surface area contributed by atoms with Crippen LogP contribution in [0.25, 0.3) is 0 Å². The average Bonchev–Trinajstić information content (AvgIpc) is 2.37. The molecule has 0 radical (unpaired) electrons. The zero-order chi connectivity index (χ0) is 13.7. The first-order valence-electron chi connectivity index (χ1n) is 6.44. The van der Waals surface area contributed by atoms with Gasteiger partial charge in [0.1, 0.15) is 0 Å². The lowest BCUT2D eigenvalue weighted by Crippen LogP contribution is -2.11. The number of anilines is 1. The molecule has 1 aromatic carbocycles. The molecule has 0 aliphatic carbocycles. The summed E-state index contributed by atoms with van der Waals surface area (Å²) in [5, 5.41) is 0. The summed E-state index contributed by atoms with van der Waals surface area (Å²) in [5.74, 6) is 0.142. The Kier molecular flexibility index (Phi) is 5.14. The van der Waals surface area contributed by atoms with Gasteiger partial charge in [0.15, 0.2) is 5.78 Å². The van der Waals surface area contributed by atoms with E-state index in [0.717, 1.165) is 17.7 Å². The molecule has 0 bridgehead atoms. The van der Waals surface area contributed by atoms with Crippen LogP contribution in [-0.4, -0.2) is 19.9 Å². The number of hydrogen-bond donors (Lipinski definition) is 0. The SMILES string of the molecule is CC/C(C)=C/[C@@H](C)C(=O)c1ccc(N(C)C)cc1. The summed E-state index contributed by atoms with van der Waals surface area (Å²) >= 11 is 0. The number of ketones is 1. The number of carbonyl (C=O) groups is 1. The van der Waals surface area contributed by atoms with Crippen molar-refractivity contribution in [2.75, 3.05) is 19.0 Å². The summed E-state index contributed by atoms with van der Waals surface area (Å²) in [6.45, 7) is 6.13. The molecule has 2 nitrogen and oxygen atoms in total. The van der Waals surface area contributed by atoms with E-state index in [1.165, 1.54) is 5.57 Å². The molecule has 0 spiro atoms. The molecule has 0 aliphatic heterocycles. The van der Waals surface area contributed by atoms with Crippen molar-refractivity contribution in [1.82, 2.24) is 0 Å². The van der Waals surface area contributed by atoms with E-state index in [-0.39, 0.29) is 11.7 Å². The summed E-state index contributed by atoms with van der Waals surface area (Å²) in [7, 11) is 3.99. The van der Waals surface area contributed by atoms with Crippen LogP contribution in [-0.2, 0) is 0 Å². The number of rotatable bonds is 5. The summed E-state index contributed by atoms with van der Waals surface area (Å²) in [4.78, 5) is 14.2. The van der Waals surface area contributed by atoms with Gasteiger partial charge in [-0.25, -0.2) is 0 Å². The number of hydrogen-bond acceptors (Lipinski definition) is 2. The Morgan fingerprint density at radius 1 is 1.28 bits per heavy atom. The molecule has 0 aromatic heterocycles. The maximum Gasteiger partial charge on any atom is 0.169 e. The molecule has 0 N–H and O–H groups in total. The Balaban J connectivity index is 2.84. The molecule has 0 amide bonds. The van der Waals surface area contributed by atoms with Gasteiger partial charge in [-0.3, -0.25) is 4.79 Å². The van der Waals surface area contributed by atoms with Crippen LogP contribution >= 0.6 is 0 Å². The van der Waals surface area contributed by atoms with E-state index in [4.69, 9.17) is 0 Å². The van der Waals surface area contributed by atoms with Crippen LogP contribution in [0.2, 0.25) is 0 Å². The van der Waals surface area contributed by atoms with E-state index in [9.17, 15) is 4.79 Å². The molecule has 0 unspecified atom stereocenters. The molecule has 98 valence electrons. The minimum atomic E-state index is -0.0462. The molecule has 1 rings (SSSR count). The van der Waals surface area contributed by atoms with Crippen molar-refractivity contribution in [3.63, 3.8) is 0 Å². The first-order valence-corrected chi connectivity index (χ1v) is 6.44. The third kappa shape index (κ3) is 3.73. The van der Waals surface area contributed by atoms with Crippen molar-refractivity contribution in [2.24, 2.45) is 5.92 Å². The van der Waals surface area contributed by atoms with E-state index in [0.29, 0.717) is 0 Å². The van der Waals surface area contributed by atoms with Crippen molar-refractivity contribution in [3.8, 4) is 0 Å². The van der Waals surface area contributed by atoms with Gasteiger partial charge >= 0.3 is 0 Å². The van der Waals surface area contributed by atoms with Crippen LogP contribution in [0.5, 0.6) is 0 Å². The average molecular weight is 245 g/mol. The quantitative estimate of drug-likeness (QED) is 0.578. The summed E-state index contributed by atoms with van der Waals surface area (Å²) in [6.07, 6.45) is 3.05. The van der Waals surface area contributed by atoms with Crippen LogP contribution < -0.4 is 4.90 Å². The largest absolute Gasteiger partial charge is 0.378 e. The lowest BCUT2D eigenvalue weighted by Gasteiger charge is -2.13. The fraction of sp³-hybridized carbons (Fsp3) is 0.438. The monoisotopic (exact) mass is 245 g/mol. The maximum atomic E-state index is 12.2. The number of benzene rings is 1. The Morgan fingerprint density at radius 2 is 1.83 bits per heavy atom. The number of nitrogens with zero attached hydrogens (tertiary/aromatic N) is 1. The summed E-state index contributed by atoms with van der Waals surface area (Å²) in [6, 6.07) is 7.78. The van der Waals surface area contributed by atoms with Crippen LogP contribution in [0.4, 0.5) is 5.69 Å².